The van der Waals surface area contributed by atoms with E-state index in [1.807, 2.05) is 32.0 Å². The van der Waals surface area contributed by atoms with Gasteiger partial charge in [0.15, 0.2) is 0 Å². The molecule has 1 aromatic carbocycles. The number of aryl methyl sites for hydroxylation is 2. The molecule has 0 aliphatic carbocycles. The van der Waals surface area contributed by atoms with E-state index in [9.17, 15) is 9.90 Å². The molecule has 1 rings (SSSR count). The van der Waals surface area contributed by atoms with Crippen molar-refractivity contribution in [1.29, 1.82) is 0 Å². The Labute approximate surface area is 113 Å². The highest BCUT2D eigenvalue weighted by Crippen LogP contribution is 2.18. The maximum absolute atomic E-state index is 10.9. The highest BCUT2D eigenvalue weighted by Gasteiger charge is 2.08. The van der Waals surface area contributed by atoms with Crippen LogP contribution in [0, 0.1) is 13.8 Å². The van der Waals surface area contributed by atoms with Crippen molar-refractivity contribution in [2.75, 3.05) is 26.8 Å². The van der Waals surface area contributed by atoms with Gasteiger partial charge in [0.05, 0.1) is 13.7 Å². The Balaban J connectivity index is 2.29. The Morgan fingerprint density at radius 3 is 2.79 bits per heavy atom. The fourth-order valence-corrected chi connectivity index (χ4v) is 1.62. The van der Waals surface area contributed by atoms with Crippen LogP contribution in [0.25, 0.3) is 0 Å². The number of carbonyl (C=O) groups excluding carboxylic acids is 1. The Kier molecular flexibility index (Phi) is 6.32. The summed E-state index contributed by atoms with van der Waals surface area (Å²) in [6.07, 6.45) is -0.676. The number of esters is 1. The summed E-state index contributed by atoms with van der Waals surface area (Å²) in [7, 11) is 1.32. The van der Waals surface area contributed by atoms with E-state index in [0.717, 1.165) is 11.3 Å². The van der Waals surface area contributed by atoms with Crippen molar-refractivity contribution in [3.8, 4) is 5.75 Å². The second-order valence-corrected chi connectivity index (χ2v) is 4.44. The molecular weight excluding hydrogens is 246 g/mol. The lowest BCUT2D eigenvalue weighted by Gasteiger charge is -2.14. The topological polar surface area (TPSA) is 67.8 Å². The molecule has 5 heteroatoms. The second kappa shape index (κ2) is 7.76. The van der Waals surface area contributed by atoms with Crippen LogP contribution in [0.3, 0.4) is 0 Å². The third-order valence-corrected chi connectivity index (χ3v) is 2.64. The summed E-state index contributed by atoms with van der Waals surface area (Å²) in [5.41, 5.74) is 2.21. The molecule has 0 aliphatic rings. The van der Waals surface area contributed by atoms with Gasteiger partial charge in [-0.2, -0.15) is 0 Å². The predicted molar refractivity (Wildman–Crippen MR) is 72.3 cm³/mol. The van der Waals surface area contributed by atoms with Crippen molar-refractivity contribution >= 4 is 5.97 Å². The SMILES string of the molecule is COC(=O)CNCC(O)COc1ccc(C)cc1C. The lowest BCUT2D eigenvalue weighted by molar-refractivity contribution is -0.139. The smallest absolute Gasteiger partial charge is 0.319 e. The van der Waals surface area contributed by atoms with E-state index < -0.39 is 6.10 Å². The standard InChI is InChI=1S/C14H21NO4/c1-10-4-5-13(11(2)6-10)19-9-12(16)7-15-8-14(17)18-3/h4-6,12,15-16H,7-9H2,1-3H3. The Morgan fingerprint density at radius 2 is 2.16 bits per heavy atom. The van der Waals surface area contributed by atoms with Gasteiger partial charge >= 0.3 is 5.97 Å². The molecule has 0 spiro atoms. The number of hydrogen-bond donors (Lipinski definition) is 2. The zero-order valence-electron chi connectivity index (χ0n) is 11.6. The molecule has 0 heterocycles. The first-order valence-corrected chi connectivity index (χ1v) is 6.18. The third kappa shape index (κ3) is 5.72. The molecule has 0 saturated carbocycles. The van der Waals surface area contributed by atoms with Crippen LogP contribution in [0.2, 0.25) is 0 Å². The van der Waals surface area contributed by atoms with Crippen LogP contribution in [0.1, 0.15) is 11.1 Å². The fraction of sp³-hybridized carbons (Fsp3) is 0.500. The number of nitrogens with one attached hydrogen (secondary N) is 1. The van der Waals surface area contributed by atoms with Crippen LogP contribution in [-0.4, -0.2) is 44.0 Å². The summed E-state index contributed by atoms with van der Waals surface area (Å²) in [5, 5.41) is 12.5. The minimum Gasteiger partial charge on any atom is -0.491 e. The minimum absolute atomic E-state index is 0.0805. The number of hydrogen-bond acceptors (Lipinski definition) is 5. The fourth-order valence-electron chi connectivity index (χ4n) is 1.62. The first kappa shape index (κ1) is 15.5. The Bertz CT molecular complexity index is 420. The summed E-state index contributed by atoms with van der Waals surface area (Å²) in [5.74, 6) is 0.403. The quantitative estimate of drug-likeness (QED) is 0.715. The summed E-state index contributed by atoms with van der Waals surface area (Å²) in [6.45, 7) is 4.52. The molecule has 0 radical (unpaired) electrons. The zero-order chi connectivity index (χ0) is 14.3. The lowest BCUT2D eigenvalue weighted by atomic mass is 10.1. The lowest BCUT2D eigenvalue weighted by Crippen LogP contribution is -2.34. The van der Waals surface area contributed by atoms with Crippen LogP contribution in [0.4, 0.5) is 0 Å². The molecular formula is C14H21NO4. The second-order valence-electron chi connectivity index (χ2n) is 4.44. The van der Waals surface area contributed by atoms with E-state index >= 15 is 0 Å². The van der Waals surface area contributed by atoms with Gasteiger partial charge in [0.25, 0.3) is 0 Å². The Hall–Kier alpha value is -1.59. The van der Waals surface area contributed by atoms with E-state index in [0.29, 0.717) is 0 Å². The van der Waals surface area contributed by atoms with Gasteiger partial charge in [0.1, 0.15) is 18.5 Å². The highest BCUT2D eigenvalue weighted by molar-refractivity contribution is 5.71. The van der Waals surface area contributed by atoms with Crippen LogP contribution in [0.5, 0.6) is 5.75 Å². The highest BCUT2D eigenvalue weighted by atomic mass is 16.5. The van der Waals surface area contributed by atoms with Crippen molar-refractivity contribution < 1.29 is 19.4 Å². The molecule has 106 valence electrons. The number of ether oxygens (including phenoxy) is 2. The van der Waals surface area contributed by atoms with Gasteiger partial charge < -0.3 is 19.9 Å². The van der Waals surface area contributed by atoms with Crippen LogP contribution >= 0.6 is 0 Å². The average Bonchev–Trinajstić information content (AvgIpc) is 2.37. The average molecular weight is 267 g/mol. The number of methoxy groups -OCH3 is 1. The van der Waals surface area contributed by atoms with E-state index in [1.54, 1.807) is 0 Å². The van der Waals surface area contributed by atoms with Gasteiger partial charge in [-0.15, -0.1) is 0 Å². The largest absolute Gasteiger partial charge is 0.491 e. The van der Waals surface area contributed by atoms with Crippen molar-refractivity contribution in [3.63, 3.8) is 0 Å². The Morgan fingerprint density at radius 1 is 1.42 bits per heavy atom. The van der Waals surface area contributed by atoms with Gasteiger partial charge in [0, 0.05) is 6.54 Å². The van der Waals surface area contributed by atoms with E-state index in [2.05, 4.69) is 10.1 Å². The van der Waals surface area contributed by atoms with E-state index in [-0.39, 0.29) is 25.7 Å². The molecule has 0 bridgehead atoms. The minimum atomic E-state index is -0.676. The third-order valence-electron chi connectivity index (χ3n) is 2.64. The first-order valence-electron chi connectivity index (χ1n) is 6.18. The molecule has 19 heavy (non-hydrogen) atoms. The molecule has 0 aliphatic heterocycles. The van der Waals surface area contributed by atoms with Crippen LogP contribution < -0.4 is 10.1 Å². The summed E-state index contributed by atoms with van der Waals surface area (Å²) >= 11 is 0. The number of aliphatic hydroxyl groups is 1. The maximum atomic E-state index is 10.9. The predicted octanol–water partition coefficient (Wildman–Crippen LogP) is 0.806. The molecule has 0 saturated heterocycles. The number of rotatable bonds is 7. The molecule has 5 nitrogen and oxygen atoms in total. The molecule has 1 aromatic rings. The number of aliphatic hydroxyl groups excluding tert-OH is 1. The van der Waals surface area contributed by atoms with E-state index in [4.69, 9.17) is 4.74 Å². The number of carbonyl (C=O) groups is 1. The number of benzene rings is 1. The summed E-state index contributed by atoms with van der Waals surface area (Å²) in [6, 6.07) is 5.88. The van der Waals surface area contributed by atoms with Crippen molar-refractivity contribution in [3.05, 3.63) is 29.3 Å². The molecule has 2 N–H and O–H groups in total. The summed E-state index contributed by atoms with van der Waals surface area (Å²) in [4.78, 5) is 10.9. The van der Waals surface area contributed by atoms with Crippen LogP contribution in [-0.2, 0) is 9.53 Å². The molecule has 0 amide bonds. The maximum Gasteiger partial charge on any atom is 0.319 e. The molecule has 0 fully saturated rings. The van der Waals surface area contributed by atoms with E-state index in [1.165, 1.54) is 12.7 Å². The zero-order valence-corrected chi connectivity index (χ0v) is 11.6. The van der Waals surface area contributed by atoms with Crippen molar-refractivity contribution in [2.24, 2.45) is 0 Å². The van der Waals surface area contributed by atoms with Gasteiger partial charge in [-0.3, -0.25) is 4.79 Å². The molecule has 0 aromatic heterocycles. The monoisotopic (exact) mass is 267 g/mol. The van der Waals surface area contributed by atoms with Crippen molar-refractivity contribution in [1.82, 2.24) is 5.32 Å². The normalized spacial score (nSPS) is 12.0. The summed E-state index contributed by atoms with van der Waals surface area (Å²) < 4.78 is 10.0. The molecule has 1 unspecified atom stereocenters. The van der Waals surface area contributed by atoms with Crippen molar-refractivity contribution in [2.45, 2.75) is 20.0 Å². The first-order chi connectivity index (χ1) is 9.02. The van der Waals surface area contributed by atoms with Gasteiger partial charge in [0.2, 0.25) is 0 Å². The van der Waals surface area contributed by atoms with Gasteiger partial charge in [-0.05, 0) is 25.5 Å². The van der Waals surface area contributed by atoms with Gasteiger partial charge in [-0.1, -0.05) is 17.7 Å². The van der Waals surface area contributed by atoms with Crippen LogP contribution in [0.15, 0.2) is 18.2 Å². The molecule has 1 atom stereocenters. The van der Waals surface area contributed by atoms with Gasteiger partial charge in [-0.25, -0.2) is 0 Å².